The number of amides is 1. The van der Waals surface area contributed by atoms with Gasteiger partial charge in [0.2, 0.25) is 0 Å². The van der Waals surface area contributed by atoms with Crippen molar-refractivity contribution in [2.75, 3.05) is 5.32 Å². The van der Waals surface area contributed by atoms with Crippen LogP contribution in [0.3, 0.4) is 0 Å². The normalized spacial score (nSPS) is 13.7. The molecule has 0 fully saturated rings. The van der Waals surface area contributed by atoms with Gasteiger partial charge in [-0.15, -0.1) is 22.7 Å². The van der Waals surface area contributed by atoms with Crippen molar-refractivity contribution in [1.29, 1.82) is 0 Å². The Bertz CT molecular complexity index is 577. The molecular formula is C12H11BrN2OS2. The molecule has 2 heterocycles. The summed E-state index contributed by atoms with van der Waals surface area (Å²) in [5, 5.41) is 3.61. The van der Waals surface area contributed by atoms with Gasteiger partial charge in [0.05, 0.1) is 14.4 Å². The number of nitrogens with one attached hydrogen (secondary N) is 1. The smallest absolute Gasteiger partial charge is 0.267 e. The Hall–Kier alpha value is -0.720. The molecule has 18 heavy (non-hydrogen) atoms. The number of thiophene rings is 1. The molecule has 1 aliphatic carbocycles. The van der Waals surface area contributed by atoms with E-state index in [-0.39, 0.29) is 5.91 Å². The van der Waals surface area contributed by atoms with Crippen LogP contribution in [0.2, 0.25) is 0 Å². The van der Waals surface area contributed by atoms with Gasteiger partial charge in [-0.1, -0.05) is 0 Å². The lowest BCUT2D eigenvalue weighted by Crippen LogP contribution is -2.09. The summed E-state index contributed by atoms with van der Waals surface area (Å²) in [6.07, 6.45) is 3.34. The van der Waals surface area contributed by atoms with E-state index in [1.807, 2.05) is 13.0 Å². The van der Waals surface area contributed by atoms with Crippen molar-refractivity contribution in [2.24, 2.45) is 0 Å². The number of nitrogens with zero attached hydrogens (tertiary/aromatic N) is 1. The van der Waals surface area contributed by atoms with Gasteiger partial charge in [0.1, 0.15) is 0 Å². The Morgan fingerprint density at radius 2 is 2.28 bits per heavy atom. The zero-order valence-electron chi connectivity index (χ0n) is 9.75. The summed E-state index contributed by atoms with van der Waals surface area (Å²) < 4.78 is 1.01. The molecule has 0 atom stereocenters. The molecule has 1 aliphatic rings. The second-order valence-electron chi connectivity index (χ2n) is 4.26. The van der Waals surface area contributed by atoms with Gasteiger partial charge in [0.15, 0.2) is 5.13 Å². The van der Waals surface area contributed by atoms with Crippen LogP contribution in [0.1, 0.15) is 32.2 Å². The van der Waals surface area contributed by atoms with Crippen molar-refractivity contribution in [1.82, 2.24) is 4.98 Å². The average molecular weight is 343 g/mol. The standard InChI is InChI=1S/C12H11BrN2OS2/c1-6-5-9(17-10(6)13)11(16)15-12-14-7-3-2-4-8(7)18-12/h5H,2-4H2,1H3,(H,14,15,16). The minimum Gasteiger partial charge on any atom is -0.297 e. The lowest BCUT2D eigenvalue weighted by Gasteiger charge is -1.98. The number of carbonyl (C=O) groups is 1. The zero-order chi connectivity index (χ0) is 12.7. The van der Waals surface area contributed by atoms with Gasteiger partial charge >= 0.3 is 0 Å². The molecule has 94 valence electrons. The molecule has 0 unspecified atom stereocenters. The minimum absolute atomic E-state index is 0.0683. The predicted molar refractivity (Wildman–Crippen MR) is 78.8 cm³/mol. The van der Waals surface area contributed by atoms with Crippen molar-refractivity contribution < 1.29 is 4.79 Å². The van der Waals surface area contributed by atoms with Crippen molar-refractivity contribution in [3.63, 3.8) is 0 Å². The summed E-state index contributed by atoms with van der Waals surface area (Å²) in [6, 6.07) is 1.89. The quantitative estimate of drug-likeness (QED) is 0.895. The van der Waals surface area contributed by atoms with E-state index in [0.29, 0.717) is 0 Å². The van der Waals surface area contributed by atoms with E-state index in [1.54, 1.807) is 11.3 Å². The van der Waals surface area contributed by atoms with Gasteiger partial charge in [-0.3, -0.25) is 10.1 Å². The van der Waals surface area contributed by atoms with Crippen molar-refractivity contribution in [2.45, 2.75) is 26.2 Å². The first-order valence-corrected chi connectivity index (χ1v) is 8.12. The molecule has 1 N–H and O–H groups in total. The Morgan fingerprint density at radius 3 is 2.94 bits per heavy atom. The summed E-state index contributed by atoms with van der Waals surface area (Å²) in [7, 11) is 0. The maximum absolute atomic E-state index is 12.1. The van der Waals surface area contributed by atoms with Crippen LogP contribution in [0.25, 0.3) is 0 Å². The number of thiazole rings is 1. The van der Waals surface area contributed by atoms with Crippen LogP contribution < -0.4 is 5.32 Å². The van der Waals surface area contributed by atoms with E-state index in [9.17, 15) is 4.79 Å². The lowest BCUT2D eigenvalue weighted by atomic mass is 10.3. The lowest BCUT2D eigenvalue weighted by molar-refractivity contribution is 0.103. The van der Waals surface area contributed by atoms with E-state index >= 15 is 0 Å². The number of hydrogen-bond donors (Lipinski definition) is 1. The van der Waals surface area contributed by atoms with Crippen molar-refractivity contribution >= 4 is 49.6 Å². The molecular weight excluding hydrogens is 332 g/mol. The van der Waals surface area contributed by atoms with E-state index < -0.39 is 0 Å². The number of anilines is 1. The highest BCUT2D eigenvalue weighted by Crippen LogP contribution is 2.32. The van der Waals surface area contributed by atoms with Crippen LogP contribution in [0, 0.1) is 6.92 Å². The molecule has 0 spiro atoms. The molecule has 0 bridgehead atoms. The third-order valence-electron chi connectivity index (χ3n) is 2.90. The fourth-order valence-electron chi connectivity index (χ4n) is 1.97. The van der Waals surface area contributed by atoms with Crippen LogP contribution in [-0.2, 0) is 12.8 Å². The number of fused-ring (bicyclic) bond motifs is 1. The highest BCUT2D eigenvalue weighted by atomic mass is 79.9. The number of rotatable bonds is 2. The van der Waals surface area contributed by atoms with Crippen LogP contribution in [0.4, 0.5) is 5.13 Å². The van der Waals surface area contributed by atoms with Gasteiger partial charge < -0.3 is 0 Å². The SMILES string of the molecule is Cc1cc(C(=O)Nc2nc3c(s2)CCC3)sc1Br. The van der Waals surface area contributed by atoms with Crippen LogP contribution >= 0.6 is 38.6 Å². The van der Waals surface area contributed by atoms with Crippen LogP contribution in [0.15, 0.2) is 9.85 Å². The number of halogens is 1. The Balaban J connectivity index is 1.77. The molecule has 6 heteroatoms. The van der Waals surface area contributed by atoms with Gasteiger partial charge in [0.25, 0.3) is 5.91 Å². The first-order valence-electron chi connectivity index (χ1n) is 5.69. The van der Waals surface area contributed by atoms with Crippen molar-refractivity contribution in [3.05, 3.63) is 30.9 Å². The topological polar surface area (TPSA) is 42.0 Å². The average Bonchev–Trinajstić information content (AvgIpc) is 2.95. The van der Waals surface area contributed by atoms with Crippen LogP contribution in [0.5, 0.6) is 0 Å². The fraction of sp³-hybridized carbons (Fsp3) is 0.333. The third-order valence-corrected chi connectivity index (χ3v) is 6.11. The molecule has 2 aromatic rings. The molecule has 3 nitrogen and oxygen atoms in total. The van der Waals surface area contributed by atoms with Gasteiger partial charge in [-0.2, -0.15) is 0 Å². The summed E-state index contributed by atoms with van der Waals surface area (Å²) in [6.45, 7) is 1.98. The highest BCUT2D eigenvalue weighted by molar-refractivity contribution is 9.11. The van der Waals surface area contributed by atoms with E-state index in [2.05, 4.69) is 26.2 Å². The molecule has 0 aromatic carbocycles. The molecule has 0 saturated heterocycles. The molecule has 0 aliphatic heterocycles. The van der Waals surface area contributed by atoms with E-state index in [4.69, 9.17) is 0 Å². The van der Waals surface area contributed by atoms with Gasteiger partial charge in [0, 0.05) is 4.88 Å². The number of aryl methyl sites for hydroxylation is 3. The molecule has 0 saturated carbocycles. The second kappa shape index (κ2) is 4.75. The third kappa shape index (κ3) is 2.24. The summed E-state index contributed by atoms with van der Waals surface area (Å²) >= 11 is 6.49. The van der Waals surface area contributed by atoms with Gasteiger partial charge in [-0.05, 0) is 53.7 Å². The van der Waals surface area contributed by atoms with Gasteiger partial charge in [-0.25, -0.2) is 4.98 Å². The molecule has 1 amide bonds. The summed E-state index contributed by atoms with van der Waals surface area (Å²) in [5.74, 6) is -0.0683. The second-order valence-corrected chi connectivity index (χ2v) is 7.72. The molecule has 0 radical (unpaired) electrons. The fourth-order valence-corrected chi connectivity index (χ4v) is 4.45. The predicted octanol–water partition coefficient (Wildman–Crippen LogP) is 4.02. The van der Waals surface area contributed by atoms with Crippen LogP contribution in [-0.4, -0.2) is 10.9 Å². The monoisotopic (exact) mass is 342 g/mol. The summed E-state index contributed by atoms with van der Waals surface area (Å²) in [5.41, 5.74) is 2.26. The Labute approximate surface area is 121 Å². The van der Waals surface area contributed by atoms with E-state index in [1.165, 1.54) is 28.3 Å². The number of hydrogen-bond acceptors (Lipinski definition) is 4. The molecule has 2 aromatic heterocycles. The Kier molecular flexibility index (Phi) is 3.25. The van der Waals surface area contributed by atoms with Crippen molar-refractivity contribution in [3.8, 4) is 0 Å². The minimum atomic E-state index is -0.0683. The number of carbonyl (C=O) groups excluding carboxylic acids is 1. The maximum Gasteiger partial charge on any atom is 0.267 e. The number of aromatic nitrogens is 1. The zero-order valence-corrected chi connectivity index (χ0v) is 13.0. The molecule has 3 rings (SSSR count). The first kappa shape index (κ1) is 12.3. The maximum atomic E-state index is 12.1. The summed E-state index contributed by atoms with van der Waals surface area (Å²) in [4.78, 5) is 18.6. The highest BCUT2D eigenvalue weighted by Gasteiger charge is 2.19. The van der Waals surface area contributed by atoms with E-state index in [0.717, 1.165) is 32.2 Å². The first-order chi connectivity index (χ1) is 8.63. The largest absolute Gasteiger partial charge is 0.297 e. The Morgan fingerprint density at radius 1 is 1.44 bits per heavy atom.